The van der Waals surface area contributed by atoms with Gasteiger partial charge in [0, 0.05) is 43.8 Å². The number of pyridine rings is 1. The maximum Gasteiger partial charge on any atom is 0.0534 e. The highest BCUT2D eigenvalue weighted by molar-refractivity contribution is 5.10. The second-order valence-corrected chi connectivity index (χ2v) is 4.07. The fourth-order valence-electron chi connectivity index (χ4n) is 1.70. The molecule has 0 aliphatic carbocycles. The van der Waals surface area contributed by atoms with Gasteiger partial charge in [-0.3, -0.25) is 9.67 Å². The first-order valence-electron chi connectivity index (χ1n) is 5.99. The van der Waals surface area contributed by atoms with Crippen LogP contribution in [-0.4, -0.2) is 14.8 Å². The average Bonchev–Trinajstić information content (AvgIpc) is 2.79. The summed E-state index contributed by atoms with van der Waals surface area (Å²) >= 11 is 0. The van der Waals surface area contributed by atoms with Gasteiger partial charge in [-0.05, 0) is 24.1 Å². The van der Waals surface area contributed by atoms with Crippen LogP contribution in [0.2, 0.25) is 0 Å². The summed E-state index contributed by atoms with van der Waals surface area (Å²) in [6, 6.07) is 4.04. The van der Waals surface area contributed by atoms with Gasteiger partial charge in [-0.25, -0.2) is 0 Å². The Kier molecular flexibility index (Phi) is 4.27. The van der Waals surface area contributed by atoms with Gasteiger partial charge in [0.25, 0.3) is 0 Å². The monoisotopic (exact) mass is 230 g/mol. The Morgan fingerprint density at radius 3 is 2.71 bits per heavy atom. The normalized spacial score (nSPS) is 10.6. The summed E-state index contributed by atoms with van der Waals surface area (Å²) in [4.78, 5) is 3.99. The third-order valence-electron chi connectivity index (χ3n) is 2.55. The topological polar surface area (TPSA) is 42.7 Å². The summed E-state index contributed by atoms with van der Waals surface area (Å²) in [6.45, 7) is 4.86. The van der Waals surface area contributed by atoms with Crippen LogP contribution < -0.4 is 5.32 Å². The molecule has 1 N–H and O–H groups in total. The lowest BCUT2D eigenvalue weighted by Crippen LogP contribution is -2.12. The molecule has 2 heterocycles. The Morgan fingerprint density at radius 2 is 1.94 bits per heavy atom. The van der Waals surface area contributed by atoms with Crippen molar-refractivity contribution in [2.45, 2.75) is 33.0 Å². The van der Waals surface area contributed by atoms with Crippen molar-refractivity contribution in [2.24, 2.45) is 0 Å². The summed E-state index contributed by atoms with van der Waals surface area (Å²) in [6.07, 6.45) is 8.77. The van der Waals surface area contributed by atoms with Gasteiger partial charge in [0.2, 0.25) is 0 Å². The summed E-state index contributed by atoms with van der Waals surface area (Å²) < 4.78 is 1.99. The maximum atomic E-state index is 4.30. The van der Waals surface area contributed by atoms with Crippen LogP contribution in [0, 0.1) is 0 Å². The second kappa shape index (κ2) is 6.15. The number of aryl methyl sites for hydroxylation is 1. The molecule has 2 aromatic rings. The lowest BCUT2D eigenvalue weighted by molar-refractivity contribution is 0.601. The van der Waals surface area contributed by atoms with E-state index < -0.39 is 0 Å². The van der Waals surface area contributed by atoms with E-state index >= 15 is 0 Å². The molecule has 0 radical (unpaired) electrons. The van der Waals surface area contributed by atoms with Crippen molar-refractivity contribution in [3.8, 4) is 0 Å². The minimum absolute atomic E-state index is 0.853. The molecule has 0 fully saturated rings. The minimum atomic E-state index is 0.853. The van der Waals surface area contributed by atoms with Gasteiger partial charge in [-0.1, -0.05) is 6.92 Å². The number of aromatic nitrogens is 3. The van der Waals surface area contributed by atoms with Crippen LogP contribution >= 0.6 is 0 Å². The lowest BCUT2D eigenvalue weighted by atomic mass is 10.2. The molecule has 0 saturated carbocycles. The second-order valence-electron chi connectivity index (χ2n) is 4.07. The smallest absolute Gasteiger partial charge is 0.0534 e. The molecular formula is C13H18N4. The number of rotatable bonds is 6. The van der Waals surface area contributed by atoms with E-state index in [9.17, 15) is 0 Å². The van der Waals surface area contributed by atoms with Crippen LogP contribution in [0.25, 0.3) is 0 Å². The Bertz CT molecular complexity index is 436. The summed E-state index contributed by atoms with van der Waals surface area (Å²) in [5.41, 5.74) is 2.48. The molecule has 0 aliphatic heterocycles. The molecule has 0 bridgehead atoms. The van der Waals surface area contributed by atoms with Crippen LogP contribution in [0.1, 0.15) is 24.5 Å². The lowest BCUT2D eigenvalue weighted by Gasteiger charge is -2.02. The quantitative estimate of drug-likeness (QED) is 0.825. The molecule has 90 valence electrons. The summed E-state index contributed by atoms with van der Waals surface area (Å²) in [7, 11) is 0. The molecule has 0 aromatic carbocycles. The first-order valence-corrected chi connectivity index (χ1v) is 5.99. The van der Waals surface area contributed by atoms with Gasteiger partial charge >= 0.3 is 0 Å². The molecule has 0 unspecified atom stereocenters. The Morgan fingerprint density at radius 1 is 1.18 bits per heavy atom. The van der Waals surface area contributed by atoms with E-state index in [1.165, 1.54) is 11.1 Å². The van der Waals surface area contributed by atoms with Crippen molar-refractivity contribution in [3.63, 3.8) is 0 Å². The van der Waals surface area contributed by atoms with E-state index in [2.05, 4.69) is 28.5 Å². The molecule has 0 saturated heterocycles. The minimum Gasteiger partial charge on any atom is -0.309 e. The molecule has 2 rings (SSSR count). The van der Waals surface area contributed by atoms with E-state index in [0.717, 1.165) is 26.1 Å². The highest BCUT2D eigenvalue weighted by atomic mass is 15.3. The predicted octanol–water partition coefficient (Wildman–Crippen LogP) is 1.98. The first-order chi connectivity index (χ1) is 8.38. The van der Waals surface area contributed by atoms with E-state index in [0.29, 0.717) is 0 Å². The Labute approximate surface area is 102 Å². The van der Waals surface area contributed by atoms with Gasteiger partial charge in [-0.15, -0.1) is 0 Å². The van der Waals surface area contributed by atoms with Crippen LogP contribution in [0.3, 0.4) is 0 Å². The fourth-order valence-corrected chi connectivity index (χ4v) is 1.70. The van der Waals surface area contributed by atoms with Gasteiger partial charge in [-0.2, -0.15) is 5.10 Å². The van der Waals surface area contributed by atoms with Crippen molar-refractivity contribution in [2.75, 3.05) is 0 Å². The third-order valence-corrected chi connectivity index (χ3v) is 2.55. The standard InChI is InChI=1S/C13H18N4/c1-2-7-17-11-13(10-16-17)9-15-8-12-3-5-14-6-4-12/h3-6,10-11,15H,2,7-9H2,1H3. The maximum absolute atomic E-state index is 4.30. The third kappa shape index (κ3) is 3.67. The molecule has 0 spiro atoms. The number of hydrogen-bond donors (Lipinski definition) is 1. The van der Waals surface area contributed by atoms with Gasteiger partial charge in [0.15, 0.2) is 0 Å². The van der Waals surface area contributed by atoms with Crippen molar-refractivity contribution in [3.05, 3.63) is 48.0 Å². The van der Waals surface area contributed by atoms with Crippen LogP contribution in [0.5, 0.6) is 0 Å². The Hall–Kier alpha value is -1.68. The fraction of sp³-hybridized carbons (Fsp3) is 0.385. The molecule has 4 nitrogen and oxygen atoms in total. The van der Waals surface area contributed by atoms with E-state index in [1.807, 2.05) is 35.4 Å². The summed E-state index contributed by atoms with van der Waals surface area (Å²) in [5, 5.41) is 7.69. The van der Waals surface area contributed by atoms with Gasteiger partial charge in [0.05, 0.1) is 6.20 Å². The predicted molar refractivity (Wildman–Crippen MR) is 67.3 cm³/mol. The van der Waals surface area contributed by atoms with E-state index in [1.54, 1.807) is 0 Å². The number of hydrogen-bond acceptors (Lipinski definition) is 3. The zero-order valence-electron chi connectivity index (χ0n) is 10.1. The zero-order chi connectivity index (χ0) is 11.9. The highest BCUT2D eigenvalue weighted by Crippen LogP contribution is 2.00. The van der Waals surface area contributed by atoms with E-state index in [-0.39, 0.29) is 0 Å². The highest BCUT2D eigenvalue weighted by Gasteiger charge is 1.97. The molecule has 0 aliphatic rings. The Balaban J connectivity index is 1.78. The number of nitrogens with zero attached hydrogens (tertiary/aromatic N) is 3. The molecule has 0 amide bonds. The zero-order valence-corrected chi connectivity index (χ0v) is 10.1. The van der Waals surface area contributed by atoms with Gasteiger partial charge in [0.1, 0.15) is 0 Å². The van der Waals surface area contributed by atoms with Crippen molar-refractivity contribution in [1.82, 2.24) is 20.1 Å². The summed E-state index contributed by atoms with van der Waals surface area (Å²) in [5.74, 6) is 0. The molecular weight excluding hydrogens is 212 g/mol. The van der Waals surface area contributed by atoms with Crippen molar-refractivity contribution < 1.29 is 0 Å². The van der Waals surface area contributed by atoms with Crippen LogP contribution in [0.15, 0.2) is 36.9 Å². The van der Waals surface area contributed by atoms with E-state index in [4.69, 9.17) is 0 Å². The number of nitrogens with one attached hydrogen (secondary N) is 1. The van der Waals surface area contributed by atoms with Crippen LogP contribution in [-0.2, 0) is 19.6 Å². The van der Waals surface area contributed by atoms with Crippen molar-refractivity contribution >= 4 is 0 Å². The molecule has 17 heavy (non-hydrogen) atoms. The molecule has 2 aromatic heterocycles. The molecule has 0 atom stereocenters. The first kappa shape index (κ1) is 11.8. The van der Waals surface area contributed by atoms with Crippen molar-refractivity contribution in [1.29, 1.82) is 0 Å². The van der Waals surface area contributed by atoms with Crippen LogP contribution in [0.4, 0.5) is 0 Å². The largest absolute Gasteiger partial charge is 0.309 e. The SMILES string of the molecule is CCCn1cc(CNCc2ccncc2)cn1. The van der Waals surface area contributed by atoms with Gasteiger partial charge < -0.3 is 5.32 Å². The molecule has 4 heteroatoms. The average molecular weight is 230 g/mol.